The quantitative estimate of drug-likeness (QED) is 0.884. The summed E-state index contributed by atoms with van der Waals surface area (Å²) in [7, 11) is 1.51. The highest BCUT2D eigenvalue weighted by Crippen LogP contribution is 2.33. The smallest absolute Gasteiger partial charge is 0.278 e. The molecule has 0 aliphatic heterocycles. The molecule has 114 valence electrons. The molecule has 0 heterocycles. The van der Waals surface area contributed by atoms with E-state index < -0.39 is 12.0 Å². The van der Waals surface area contributed by atoms with Gasteiger partial charge in [0.2, 0.25) is 5.54 Å². The summed E-state index contributed by atoms with van der Waals surface area (Å²) in [6, 6.07) is 13.9. The minimum absolute atomic E-state index is 0.144. The maximum atomic E-state index is 13.6. The van der Waals surface area contributed by atoms with Crippen molar-refractivity contribution in [2.45, 2.75) is 12.0 Å². The van der Waals surface area contributed by atoms with Gasteiger partial charge in [-0.15, -0.1) is 0 Å². The van der Waals surface area contributed by atoms with Gasteiger partial charge >= 0.3 is 0 Å². The number of ether oxygens (including phenoxy) is 1. The standard InChI is InChI=1S/C16H13ClF2N2O/c1-22-14-8-6-13(7-9-14)21-16(10-20,15(18)19)11-2-4-12(17)5-3-11/h2-9,15,21H,1H3/t16-/m1/s1. The fraction of sp³-hybridized carbons (Fsp3) is 0.188. The Morgan fingerprint density at radius 1 is 1.14 bits per heavy atom. The number of hydrogen-bond donors (Lipinski definition) is 1. The molecule has 3 nitrogen and oxygen atoms in total. The maximum absolute atomic E-state index is 13.6. The summed E-state index contributed by atoms with van der Waals surface area (Å²) < 4.78 is 32.3. The van der Waals surface area contributed by atoms with Gasteiger partial charge in [-0.05, 0) is 42.0 Å². The first-order chi connectivity index (χ1) is 10.5. The second-order valence-electron chi connectivity index (χ2n) is 4.58. The van der Waals surface area contributed by atoms with Crippen molar-refractivity contribution in [3.8, 4) is 11.8 Å². The van der Waals surface area contributed by atoms with Crippen LogP contribution in [-0.2, 0) is 5.54 Å². The number of halogens is 3. The number of nitrogens with one attached hydrogen (secondary N) is 1. The average Bonchev–Trinajstić information content (AvgIpc) is 2.54. The van der Waals surface area contributed by atoms with Gasteiger partial charge in [-0.3, -0.25) is 0 Å². The third kappa shape index (κ3) is 3.12. The van der Waals surface area contributed by atoms with Crippen LogP contribution in [0.3, 0.4) is 0 Å². The van der Waals surface area contributed by atoms with E-state index in [0.29, 0.717) is 16.5 Å². The van der Waals surface area contributed by atoms with Crippen LogP contribution in [0.2, 0.25) is 5.02 Å². The molecule has 0 bridgehead atoms. The Hall–Kier alpha value is -2.32. The lowest BCUT2D eigenvalue weighted by atomic mass is 9.91. The van der Waals surface area contributed by atoms with Gasteiger partial charge in [0.25, 0.3) is 6.43 Å². The molecule has 1 atom stereocenters. The van der Waals surface area contributed by atoms with E-state index in [-0.39, 0.29) is 5.56 Å². The van der Waals surface area contributed by atoms with Crippen molar-refractivity contribution in [2.24, 2.45) is 0 Å². The summed E-state index contributed by atoms with van der Waals surface area (Å²) in [5.74, 6) is 0.594. The molecule has 6 heteroatoms. The number of rotatable bonds is 5. The molecule has 2 aromatic rings. The predicted octanol–water partition coefficient (Wildman–Crippen LogP) is 4.44. The fourth-order valence-electron chi connectivity index (χ4n) is 2.01. The van der Waals surface area contributed by atoms with Crippen LogP contribution < -0.4 is 10.1 Å². The van der Waals surface area contributed by atoms with Crippen LogP contribution in [0.25, 0.3) is 0 Å². The van der Waals surface area contributed by atoms with Crippen LogP contribution in [0.4, 0.5) is 14.5 Å². The fourth-order valence-corrected chi connectivity index (χ4v) is 2.13. The van der Waals surface area contributed by atoms with Gasteiger partial charge in [0.15, 0.2) is 0 Å². The maximum Gasteiger partial charge on any atom is 0.278 e. The highest BCUT2D eigenvalue weighted by molar-refractivity contribution is 6.30. The van der Waals surface area contributed by atoms with Gasteiger partial charge in [-0.25, -0.2) is 8.78 Å². The van der Waals surface area contributed by atoms with E-state index in [0.717, 1.165) is 0 Å². The van der Waals surface area contributed by atoms with Crippen molar-refractivity contribution in [3.63, 3.8) is 0 Å². The molecule has 2 aromatic carbocycles. The molecule has 0 aliphatic rings. The van der Waals surface area contributed by atoms with Crippen LogP contribution in [0.5, 0.6) is 5.75 Å². The van der Waals surface area contributed by atoms with Gasteiger partial charge in [0.1, 0.15) is 11.8 Å². The number of benzene rings is 2. The summed E-state index contributed by atoms with van der Waals surface area (Å²) in [6.07, 6.45) is -2.93. The normalized spacial score (nSPS) is 13.3. The van der Waals surface area contributed by atoms with Crippen molar-refractivity contribution in [2.75, 3.05) is 12.4 Å². The zero-order valence-electron chi connectivity index (χ0n) is 11.7. The Balaban J connectivity index is 2.41. The van der Waals surface area contributed by atoms with Crippen molar-refractivity contribution in [3.05, 3.63) is 59.1 Å². The molecule has 0 fully saturated rings. The van der Waals surface area contributed by atoms with Crippen LogP contribution in [0.15, 0.2) is 48.5 Å². The van der Waals surface area contributed by atoms with Crippen LogP contribution in [-0.4, -0.2) is 13.5 Å². The highest BCUT2D eigenvalue weighted by Gasteiger charge is 2.42. The Kier molecular flexibility index (Phi) is 4.84. The number of nitriles is 1. The Morgan fingerprint density at radius 2 is 1.73 bits per heavy atom. The molecule has 0 aromatic heterocycles. The van der Waals surface area contributed by atoms with Gasteiger partial charge in [0.05, 0.1) is 7.11 Å². The van der Waals surface area contributed by atoms with E-state index in [4.69, 9.17) is 16.3 Å². The zero-order valence-corrected chi connectivity index (χ0v) is 12.4. The summed E-state index contributed by atoms with van der Waals surface area (Å²) in [5.41, 5.74) is -1.62. The topological polar surface area (TPSA) is 45.0 Å². The minimum atomic E-state index is -2.93. The molecule has 2 rings (SSSR count). The predicted molar refractivity (Wildman–Crippen MR) is 81.4 cm³/mol. The molecular formula is C16H13ClF2N2O. The lowest BCUT2D eigenvalue weighted by molar-refractivity contribution is 0.0928. The number of methoxy groups -OCH3 is 1. The van der Waals surface area contributed by atoms with Gasteiger partial charge in [-0.2, -0.15) is 5.26 Å². The van der Waals surface area contributed by atoms with E-state index in [2.05, 4.69) is 5.32 Å². The Labute approximate surface area is 132 Å². The molecule has 0 saturated heterocycles. The first kappa shape index (κ1) is 16.1. The molecule has 0 unspecified atom stereocenters. The number of anilines is 1. The zero-order chi connectivity index (χ0) is 16.2. The second-order valence-corrected chi connectivity index (χ2v) is 5.02. The molecule has 1 N–H and O–H groups in total. The van der Waals surface area contributed by atoms with Gasteiger partial charge in [-0.1, -0.05) is 23.7 Å². The SMILES string of the molecule is COc1ccc(N[C@](C#N)(c2ccc(Cl)cc2)C(F)F)cc1. The average molecular weight is 323 g/mol. The first-order valence-electron chi connectivity index (χ1n) is 6.39. The third-order valence-corrected chi connectivity index (χ3v) is 3.49. The van der Waals surface area contributed by atoms with Crippen LogP contribution >= 0.6 is 11.6 Å². The van der Waals surface area contributed by atoms with E-state index in [1.807, 2.05) is 0 Å². The second kappa shape index (κ2) is 6.63. The minimum Gasteiger partial charge on any atom is -0.497 e. The van der Waals surface area contributed by atoms with E-state index in [9.17, 15) is 14.0 Å². The summed E-state index contributed by atoms with van der Waals surface area (Å²) >= 11 is 5.77. The first-order valence-corrected chi connectivity index (χ1v) is 6.77. The van der Waals surface area contributed by atoms with Gasteiger partial charge < -0.3 is 10.1 Å². The van der Waals surface area contributed by atoms with Gasteiger partial charge in [0, 0.05) is 10.7 Å². The van der Waals surface area contributed by atoms with Crippen LogP contribution in [0.1, 0.15) is 5.56 Å². The summed E-state index contributed by atoms with van der Waals surface area (Å²) in [5, 5.41) is 12.4. The van der Waals surface area contributed by atoms with E-state index in [1.54, 1.807) is 30.3 Å². The lowest BCUT2D eigenvalue weighted by Crippen LogP contribution is -2.41. The largest absolute Gasteiger partial charge is 0.497 e. The monoisotopic (exact) mass is 322 g/mol. The third-order valence-electron chi connectivity index (χ3n) is 3.23. The summed E-state index contributed by atoms with van der Waals surface area (Å²) in [4.78, 5) is 0. The molecule has 0 saturated carbocycles. The van der Waals surface area contributed by atoms with E-state index in [1.165, 1.54) is 31.4 Å². The molecule has 0 aliphatic carbocycles. The van der Waals surface area contributed by atoms with Crippen molar-refractivity contribution in [1.82, 2.24) is 0 Å². The lowest BCUT2D eigenvalue weighted by Gasteiger charge is -2.28. The molecule has 0 radical (unpaired) electrons. The van der Waals surface area contributed by atoms with Crippen molar-refractivity contribution >= 4 is 17.3 Å². The summed E-state index contributed by atoms with van der Waals surface area (Å²) in [6.45, 7) is 0. The molecular weight excluding hydrogens is 310 g/mol. The molecule has 22 heavy (non-hydrogen) atoms. The van der Waals surface area contributed by atoms with E-state index >= 15 is 0 Å². The number of alkyl halides is 2. The van der Waals surface area contributed by atoms with Crippen LogP contribution in [0, 0.1) is 11.3 Å². The Morgan fingerprint density at radius 3 is 2.18 bits per heavy atom. The van der Waals surface area contributed by atoms with Crippen molar-refractivity contribution < 1.29 is 13.5 Å². The molecule has 0 spiro atoms. The number of hydrogen-bond acceptors (Lipinski definition) is 3. The Bertz CT molecular complexity index is 668. The van der Waals surface area contributed by atoms with Crippen molar-refractivity contribution in [1.29, 1.82) is 5.26 Å². The number of nitrogens with zero attached hydrogens (tertiary/aromatic N) is 1. The highest BCUT2D eigenvalue weighted by atomic mass is 35.5. The molecule has 0 amide bonds.